The summed E-state index contributed by atoms with van der Waals surface area (Å²) in [5.74, 6) is -1.06. The first-order valence-corrected chi connectivity index (χ1v) is 6.67. The number of amides is 1. The van der Waals surface area contributed by atoms with Crippen LogP contribution >= 0.6 is 0 Å². The lowest BCUT2D eigenvalue weighted by atomic mass is 10.2. The van der Waals surface area contributed by atoms with E-state index in [1.165, 1.54) is 18.3 Å². The molecule has 0 aliphatic carbocycles. The molecule has 0 bridgehead atoms. The molecule has 0 saturated carbocycles. The van der Waals surface area contributed by atoms with Gasteiger partial charge in [-0.15, -0.1) is 0 Å². The Morgan fingerprint density at radius 3 is 2.80 bits per heavy atom. The van der Waals surface area contributed by atoms with Crippen LogP contribution in [0.4, 0.5) is 0 Å². The topological polar surface area (TPSA) is 91.3 Å². The molecule has 1 aromatic heterocycles. The number of nitrogens with zero attached hydrogens (tertiary/aromatic N) is 1. The fourth-order valence-corrected chi connectivity index (χ4v) is 1.63. The molecule has 1 aromatic rings. The van der Waals surface area contributed by atoms with E-state index in [1.807, 2.05) is 0 Å². The number of hydrogen-bond donors (Lipinski definition) is 3. The highest BCUT2D eigenvalue weighted by molar-refractivity contribution is 5.87. The molecule has 0 spiro atoms. The maximum absolute atomic E-state index is 11.6. The Morgan fingerprint density at radius 2 is 2.15 bits per heavy atom. The number of pyridine rings is 1. The van der Waals surface area contributed by atoms with E-state index >= 15 is 0 Å². The summed E-state index contributed by atoms with van der Waals surface area (Å²) in [7, 11) is 0. The number of hydrogen-bond acceptors (Lipinski definition) is 4. The molecule has 0 saturated heterocycles. The van der Waals surface area contributed by atoms with Gasteiger partial charge >= 0.3 is 5.97 Å². The first kappa shape index (κ1) is 16.1. The van der Waals surface area contributed by atoms with E-state index in [2.05, 4.69) is 29.5 Å². The van der Waals surface area contributed by atoms with Crippen LogP contribution in [-0.2, 0) is 11.3 Å². The molecule has 20 heavy (non-hydrogen) atoms. The molecule has 3 N–H and O–H groups in total. The van der Waals surface area contributed by atoms with Gasteiger partial charge < -0.3 is 15.7 Å². The molecule has 0 unspecified atom stereocenters. The van der Waals surface area contributed by atoms with Crippen molar-refractivity contribution in [2.24, 2.45) is 0 Å². The molecular weight excluding hydrogens is 258 g/mol. The van der Waals surface area contributed by atoms with E-state index in [-0.39, 0.29) is 18.0 Å². The van der Waals surface area contributed by atoms with Crippen LogP contribution in [0.5, 0.6) is 0 Å². The van der Waals surface area contributed by atoms with Crippen LogP contribution in [0.2, 0.25) is 0 Å². The van der Waals surface area contributed by atoms with E-state index in [9.17, 15) is 9.59 Å². The molecule has 0 aliphatic rings. The minimum absolute atomic E-state index is 0.0573. The third kappa shape index (κ3) is 6.29. The van der Waals surface area contributed by atoms with Crippen molar-refractivity contribution in [3.05, 3.63) is 29.6 Å². The zero-order valence-corrected chi connectivity index (χ0v) is 11.8. The van der Waals surface area contributed by atoms with Gasteiger partial charge in [-0.1, -0.05) is 13.8 Å². The summed E-state index contributed by atoms with van der Waals surface area (Å²) >= 11 is 0. The van der Waals surface area contributed by atoms with Crippen molar-refractivity contribution in [3.63, 3.8) is 0 Å². The normalized spacial score (nSPS) is 10.6. The van der Waals surface area contributed by atoms with Gasteiger partial charge in [0.25, 0.3) is 0 Å². The minimum Gasteiger partial charge on any atom is -0.478 e. The summed E-state index contributed by atoms with van der Waals surface area (Å²) in [6.45, 7) is 5.16. The first-order chi connectivity index (χ1) is 9.49. The second-order valence-corrected chi connectivity index (χ2v) is 4.83. The van der Waals surface area contributed by atoms with Crippen LogP contribution in [-0.4, -0.2) is 34.6 Å². The number of aromatic carboxylic acids is 1. The van der Waals surface area contributed by atoms with Gasteiger partial charge in [0.2, 0.25) is 5.91 Å². The lowest BCUT2D eigenvalue weighted by Gasteiger charge is -2.08. The van der Waals surface area contributed by atoms with Crippen molar-refractivity contribution in [1.82, 2.24) is 15.6 Å². The molecule has 0 fully saturated rings. The van der Waals surface area contributed by atoms with E-state index in [1.54, 1.807) is 0 Å². The van der Waals surface area contributed by atoms with Crippen molar-refractivity contribution in [3.8, 4) is 0 Å². The van der Waals surface area contributed by atoms with E-state index < -0.39 is 5.97 Å². The minimum atomic E-state index is -1.00. The molecule has 1 heterocycles. The maximum Gasteiger partial charge on any atom is 0.335 e. The lowest BCUT2D eigenvalue weighted by Crippen LogP contribution is -2.27. The van der Waals surface area contributed by atoms with Crippen LogP contribution in [0.15, 0.2) is 18.3 Å². The van der Waals surface area contributed by atoms with Gasteiger partial charge in [0, 0.05) is 18.7 Å². The molecule has 6 nitrogen and oxygen atoms in total. The van der Waals surface area contributed by atoms with Gasteiger partial charge in [0.1, 0.15) is 0 Å². The number of carbonyl (C=O) groups is 2. The maximum atomic E-state index is 11.6. The average Bonchev–Trinajstić information content (AvgIpc) is 2.41. The average molecular weight is 279 g/mol. The van der Waals surface area contributed by atoms with E-state index in [0.717, 1.165) is 13.0 Å². The highest BCUT2D eigenvalue weighted by Gasteiger charge is 2.06. The molecule has 110 valence electrons. The summed E-state index contributed by atoms with van der Waals surface area (Å²) < 4.78 is 0. The van der Waals surface area contributed by atoms with Gasteiger partial charge in [0.15, 0.2) is 0 Å². The standard InChI is InChI=1S/C14H21N3O3/c1-10(2)15-6-3-4-13(18)17-9-12-8-11(14(19)20)5-7-16-12/h5,7-8,10,15H,3-4,6,9H2,1-2H3,(H,17,18)(H,19,20). The van der Waals surface area contributed by atoms with E-state index in [4.69, 9.17) is 5.11 Å². The molecule has 0 atom stereocenters. The van der Waals surface area contributed by atoms with Crippen molar-refractivity contribution >= 4 is 11.9 Å². The summed E-state index contributed by atoms with van der Waals surface area (Å²) in [6, 6.07) is 3.30. The van der Waals surface area contributed by atoms with Crippen LogP contribution in [0.3, 0.4) is 0 Å². The monoisotopic (exact) mass is 279 g/mol. The van der Waals surface area contributed by atoms with Crippen LogP contribution in [0, 0.1) is 0 Å². The third-order valence-corrected chi connectivity index (χ3v) is 2.66. The van der Waals surface area contributed by atoms with Crippen molar-refractivity contribution in [2.75, 3.05) is 6.54 Å². The summed E-state index contributed by atoms with van der Waals surface area (Å²) in [5.41, 5.74) is 0.712. The molecule has 1 amide bonds. The molecule has 0 radical (unpaired) electrons. The smallest absolute Gasteiger partial charge is 0.335 e. The Bertz CT molecular complexity index is 461. The van der Waals surface area contributed by atoms with E-state index in [0.29, 0.717) is 18.2 Å². The third-order valence-electron chi connectivity index (χ3n) is 2.66. The quantitative estimate of drug-likeness (QED) is 0.621. The van der Waals surface area contributed by atoms with Crippen LogP contribution < -0.4 is 10.6 Å². The van der Waals surface area contributed by atoms with Crippen LogP contribution in [0.25, 0.3) is 0 Å². The highest BCUT2D eigenvalue weighted by atomic mass is 16.4. The summed E-state index contributed by atoms with van der Waals surface area (Å²) in [5, 5.41) is 14.8. The number of carboxylic acids is 1. The largest absolute Gasteiger partial charge is 0.478 e. The Kier molecular flexibility index (Phi) is 6.66. The second-order valence-electron chi connectivity index (χ2n) is 4.83. The fraction of sp³-hybridized carbons (Fsp3) is 0.500. The predicted molar refractivity (Wildman–Crippen MR) is 75.4 cm³/mol. The number of nitrogens with one attached hydrogen (secondary N) is 2. The predicted octanol–water partition coefficient (Wildman–Crippen LogP) is 1.17. The fourth-order valence-electron chi connectivity index (χ4n) is 1.63. The Labute approximate surface area is 118 Å². The van der Waals surface area contributed by atoms with Crippen molar-refractivity contribution < 1.29 is 14.7 Å². The number of rotatable bonds is 8. The highest BCUT2D eigenvalue weighted by Crippen LogP contribution is 2.02. The van der Waals surface area contributed by atoms with Crippen molar-refractivity contribution in [1.29, 1.82) is 0 Å². The van der Waals surface area contributed by atoms with Crippen molar-refractivity contribution in [2.45, 2.75) is 39.3 Å². The SMILES string of the molecule is CC(C)NCCCC(=O)NCc1cc(C(=O)O)ccn1. The Hall–Kier alpha value is -1.95. The molecule has 0 aliphatic heterocycles. The number of carbonyl (C=O) groups excluding carboxylic acids is 1. The lowest BCUT2D eigenvalue weighted by molar-refractivity contribution is -0.121. The van der Waals surface area contributed by atoms with Gasteiger partial charge in [-0.05, 0) is 25.1 Å². The second kappa shape index (κ2) is 8.27. The van der Waals surface area contributed by atoms with Crippen LogP contribution in [0.1, 0.15) is 42.7 Å². The van der Waals surface area contributed by atoms with Gasteiger partial charge in [-0.25, -0.2) is 4.79 Å². The molecule has 6 heteroatoms. The molecule has 1 rings (SSSR count). The number of aromatic nitrogens is 1. The molecule has 0 aromatic carbocycles. The Balaban J connectivity index is 2.30. The Morgan fingerprint density at radius 1 is 1.40 bits per heavy atom. The number of carboxylic acid groups (broad SMARTS) is 1. The van der Waals surface area contributed by atoms with Gasteiger partial charge in [-0.2, -0.15) is 0 Å². The molecular formula is C14H21N3O3. The van der Waals surface area contributed by atoms with Gasteiger partial charge in [0.05, 0.1) is 17.8 Å². The summed E-state index contributed by atoms with van der Waals surface area (Å²) in [4.78, 5) is 26.4. The zero-order valence-electron chi connectivity index (χ0n) is 11.8. The zero-order chi connectivity index (χ0) is 15.0. The van der Waals surface area contributed by atoms with Gasteiger partial charge in [-0.3, -0.25) is 9.78 Å². The first-order valence-electron chi connectivity index (χ1n) is 6.67. The summed E-state index contributed by atoms with van der Waals surface area (Å²) in [6.07, 6.45) is 2.64.